The first-order valence-electron chi connectivity index (χ1n) is 8.87. The predicted octanol–water partition coefficient (Wildman–Crippen LogP) is 4.07. The van der Waals surface area contributed by atoms with Gasteiger partial charge in [0.1, 0.15) is 5.75 Å². The molecule has 2 unspecified atom stereocenters. The summed E-state index contributed by atoms with van der Waals surface area (Å²) in [6.45, 7) is 3.70. The molecule has 0 saturated heterocycles. The molecule has 0 aromatic heterocycles. The second-order valence-electron chi connectivity index (χ2n) is 6.16. The molecular weight excluding hydrogens is 477 g/mol. The molecule has 2 atom stereocenters. The predicted molar refractivity (Wildman–Crippen MR) is 120 cm³/mol. The third-order valence-electron chi connectivity index (χ3n) is 4.29. The first-order valence-corrected chi connectivity index (χ1v) is 9.25. The maximum Gasteiger partial charge on any atom is 0.191 e. The molecule has 3 N–H and O–H groups in total. The minimum atomic E-state index is -0.676. The average molecular weight is 502 g/mol. The lowest BCUT2D eigenvalue weighted by Crippen LogP contribution is -2.41. The molecule has 0 bridgehead atoms. The maximum atomic E-state index is 10.4. The minimum absolute atomic E-state index is 0. The van der Waals surface area contributed by atoms with E-state index in [9.17, 15) is 5.11 Å². The van der Waals surface area contributed by atoms with Crippen molar-refractivity contribution in [3.8, 4) is 5.75 Å². The van der Waals surface area contributed by atoms with Gasteiger partial charge in [-0.15, -0.1) is 24.0 Å². The average Bonchev–Trinajstić information content (AvgIpc) is 2.67. The van der Waals surface area contributed by atoms with Gasteiger partial charge in [0.15, 0.2) is 5.96 Å². The Bertz CT molecular complexity index is 755. The second kappa shape index (κ2) is 10.7. The summed E-state index contributed by atoms with van der Waals surface area (Å²) in [7, 11) is 0. The van der Waals surface area contributed by atoms with E-state index < -0.39 is 6.10 Å². The molecule has 0 amide bonds. The maximum absolute atomic E-state index is 10.4. The highest BCUT2D eigenvalue weighted by Crippen LogP contribution is 2.31. The Labute approximate surface area is 182 Å². The van der Waals surface area contributed by atoms with Crippen LogP contribution in [-0.4, -0.2) is 30.8 Å². The van der Waals surface area contributed by atoms with Crippen molar-refractivity contribution < 1.29 is 9.84 Å². The van der Waals surface area contributed by atoms with Crippen molar-refractivity contribution in [1.82, 2.24) is 10.6 Å². The second-order valence-corrected chi connectivity index (χ2v) is 6.60. The van der Waals surface area contributed by atoms with Crippen molar-refractivity contribution in [2.75, 3.05) is 19.7 Å². The molecule has 3 rings (SSSR count). The molecule has 5 nitrogen and oxygen atoms in total. The van der Waals surface area contributed by atoms with Crippen molar-refractivity contribution in [2.24, 2.45) is 4.99 Å². The summed E-state index contributed by atoms with van der Waals surface area (Å²) in [5.41, 5.74) is 1.92. The quantitative estimate of drug-likeness (QED) is 0.328. The molecule has 0 radical (unpaired) electrons. The van der Waals surface area contributed by atoms with Gasteiger partial charge in [0.25, 0.3) is 0 Å². The number of rotatable bonds is 5. The Hall–Kier alpha value is -1.51. The van der Waals surface area contributed by atoms with Gasteiger partial charge in [-0.2, -0.15) is 0 Å². The summed E-state index contributed by atoms with van der Waals surface area (Å²) in [6, 6.07) is 15.3. The van der Waals surface area contributed by atoms with E-state index in [4.69, 9.17) is 16.3 Å². The fourth-order valence-electron chi connectivity index (χ4n) is 2.95. The number of benzene rings is 2. The van der Waals surface area contributed by atoms with Crippen LogP contribution in [0.4, 0.5) is 0 Å². The summed E-state index contributed by atoms with van der Waals surface area (Å²) in [5, 5.41) is 17.7. The molecule has 7 heteroatoms. The Kier molecular flexibility index (Phi) is 8.66. The van der Waals surface area contributed by atoms with E-state index in [1.165, 1.54) is 0 Å². The molecule has 146 valence electrons. The largest absolute Gasteiger partial charge is 0.493 e. The van der Waals surface area contributed by atoms with E-state index in [0.717, 1.165) is 29.8 Å². The number of para-hydroxylation sites is 1. The van der Waals surface area contributed by atoms with E-state index in [1.54, 1.807) is 12.1 Å². The van der Waals surface area contributed by atoms with Crippen LogP contribution in [0.15, 0.2) is 53.5 Å². The molecule has 0 spiro atoms. The zero-order chi connectivity index (χ0) is 18.4. The van der Waals surface area contributed by atoms with Gasteiger partial charge in [-0.05, 0) is 30.7 Å². The van der Waals surface area contributed by atoms with Gasteiger partial charge < -0.3 is 20.5 Å². The van der Waals surface area contributed by atoms with Gasteiger partial charge in [-0.3, -0.25) is 4.99 Å². The number of hydrogen-bond donors (Lipinski definition) is 3. The fourth-order valence-corrected chi connectivity index (χ4v) is 3.07. The Morgan fingerprint density at radius 1 is 1.26 bits per heavy atom. The highest BCUT2D eigenvalue weighted by Gasteiger charge is 2.21. The summed E-state index contributed by atoms with van der Waals surface area (Å²) in [5.74, 6) is 1.59. The SMILES string of the molecule is CCNC(=NCC(O)c1ccc(Cl)cc1)NC1CCOc2ccccc21.I. The normalized spacial score (nSPS) is 17.1. The zero-order valence-electron chi connectivity index (χ0n) is 15.2. The number of ether oxygens (including phenoxy) is 1. The van der Waals surface area contributed by atoms with Crippen molar-refractivity contribution >= 4 is 41.5 Å². The number of aliphatic imine (C=N–C) groups is 1. The lowest BCUT2D eigenvalue weighted by molar-refractivity contribution is 0.187. The Morgan fingerprint density at radius 3 is 2.74 bits per heavy atom. The number of nitrogens with one attached hydrogen (secondary N) is 2. The van der Waals surface area contributed by atoms with Gasteiger partial charge >= 0.3 is 0 Å². The van der Waals surface area contributed by atoms with Crippen LogP contribution in [0.1, 0.15) is 36.6 Å². The van der Waals surface area contributed by atoms with Crippen LogP contribution in [0.25, 0.3) is 0 Å². The van der Waals surface area contributed by atoms with Crippen molar-refractivity contribution in [2.45, 2.75) is 25.5 Å². The van der Waals surface area contributed by atoms with Crippen LogP contribution in [0.2, 0.25) is 5.02 Å². The molecule has 27 heavy (non-hydrogen) atoms. The highest BCUT2D eigenvalue weighted by molar-refractivity contribution is 14.0. The summed E-state index contributed by atoms with van der Waals surface area (Å²) in [4.78, 5) is 4.55. The summed E-state index contributed by atoms with van der Waals surface area (Å²) < 4.78 is 5.71. The fraction of sp³-hybridized carbons (Fsp3) is 0.350. The third kappa shape index (κ3) is 5.99. The first-order chi connectivity index (χ1) is 12.7. The molecule has 1 aliphatic rings. The van der Waals surface area contributed by atoms with E-state index in [2.05, 4.69) is 21.7 Å². The molecule has 0 saturated carbocycles. The van der Waals surface area contributed by atoms with Crippen LogP contribution in [0.5, 0.6) is 5.75 Å². The van der Waals surface area contributed by atoms with Crippen LogP contribution >= 0.6 is 35.6 Å². The smallest absolute Gasteiger partial charge is 0.191 e. The lowest BCUT2D eigenvalue weighted by Gasteiger charge is -2.28. The molecule has 0 aliphatic carbocycles. The molecule has 1 heterocycles. The van der Waals surface area contributed by atoms with Crippen molar-refractivity contribution in [1.29, 1.82) is 0 Å². The van der Waals surface area contributed by atoms with Crippen molar-refractivity contribution in [3.63, 3.8) is 0 Å². The van der Waals surface area contributed by atoms with E-state index in [1.807, 2.05) is 37.3 Å². The molecule has 2 aromatic carbocycles. The Balaban J connectivity index is 0.00000261. The molecule has 0 fully saturated rings. The summed E-state index contributed by atoms with van der Waals surface area (Å²) >= 11 is 5.90. The highest BCUT2D eigenvalue weighted by atomic mass is 127. The van der Waals surface area contributed by atoms with Gasteiger partial charge in [0, 0.05) is 23.6 Å². The third-order valence-corrected chi connectivity index (χ3v) is 4.54. The number of hydrogen-bond acceptors (Lipinski definition) is 3. The first kappa shape index (κ1) is 21.8. The van der Waals surface area contributed by atoms with Crippen LogP contribution in [0, 0.1) is 0 Å². The standard InChI is InChI=1S/C20H24ClN3O2.HI/c1-2-22-20(23-13-18(25)14-7-9-15(21)10-8-14)24-17-11-12-26-19-6-4-3-5-16(17)19;/h3-10,17-18,25H,2,11-13H2,1H3,(H2,22,23,24);1H. The number of aliphatic hydroxyl groups excluding tert-OH is 1. The summed E-state index contributed by atoms with van der Waals surface area (Å²) in [6.07, 6.45) is 0.186. The van der Waals surface area contributed by atoms with Gasteiger partial charge in [-0.25, -0.2) is 0 Å². The van der Waals surface area contributed by atoms with Crippen LogP contribution < -0.4 is 15.4 Å². The number of halogens is 2. The Morgan fingerprint density at radius 2 is 2.00 bits per heavy atom. The van der Waals surface area contributed by atoms with Crippen LogP contribution in [0.3, 0.4) is 0 Å². The number of fused-ring (bicyclic) bond motifs is 1. The topological polar surface area (TPSA) is 65.9 Å². The van der Waals surface area contributed by atoms with Gasteiger partial charge in [0.2, 0.25) is 0 Å². The van der Waals surface area contributed by atoms with E-state index in [0.29, 0.717) is 17.6 Å². The molecule has 1 aliphatic heterocycles. The molecular formula is C20H25ClIN3O2. The minimum Gasteiger partial charge on any atom is -0.493 e. The van der Waals surface area contributed by atoms with E-state index in [-0.39, 0.29) is 36.6 Å². The van der Waals surface area contributed by atoms with Gasteiger partial charge in [-0.1, -0.05) is 41.9 Å². The lowest BCUT2D eigenvalue weighted by atomic mass is 10.0. The van der Waals surface area contributed by atoms with Gasteiger partial charge in [0.05, 0.1) is 25.3 Å². The number of aliphatic hydroxyl groups is 1. The zero-order valence-corrected chi connectivity index (χ0v) is 18.3. The van der Waals surface area contributed by atoms with Crippen LogP contribution in [-0.2, 0) is 0 Å². The van der Waals surface area contributed by atoms with Crippen molar-refractivity contribution in [3.05, 3.63) is 64.7 Å². The van der Waals surface area contributed by atoms with E-state index >= 15 is 0 Å². The number of guanidine groups is 1. The monoisotopic (exact) mass is 501 g/mol. The molecule has 2 aromatic rings. The number of nitrogens with zero attached hydrogens (tertiary/aromatic N) is 1.